The van der Waals surface area contributed by atoms with E-state index in [4.69, 9.17) is 0 Å². The smallest absolute Gasteiger partial charge is 0.220 e. The first kappa shape index (κ1) is 23.5. The van der Waals surface area contributed by atoms with Gasteiger partial charge in [-0.2, -0.15) is 0 Å². The van der Waals surface area contributed by atoms with Crippen LogP contribution in [0.2, 0.25) is 0 Å². The number of carbonyl (C=O) groups is 1. The van der Waals surface area contributed by atoms with Gasteiger partial charge < -0.3 is 15.2 Å². The molecule has 4 heteroatoms. The monoisotopic (exact) mass is 399 g/mol. The molecule has 1 heterocycles. The van der Waals surface area contributed by atoms with Crippen LogP contribution in [0.25, 0.3) is 10.9 Å². The van der Waals surface area contributed by atoms with Crippen LogP contribution in [0.4, 0.5) is 0 Å². The molecule has 1 aromatic carbocycles. The molecule has 0 aliphatic carbocycles. The van der Waals surface area contributed by atoms with E-state index in [-0.39, 0.29) is 17.9 Å². The van der Waals surface area contributed by atoms with Crippen molar-refractivity contribution in [2.45, 2.75) is 79.2 Å². The Morgan fingerprint density at radius 2 is 1.86 bits per heavy atom. The largest absolute Gasteiger partial charge is 0.361 e. The number of nitrogens with one attached hydrogen (secondary N) is 2. The van der Waals surface area contributed by atoms with Crippen molar-refractivity contribution in [3.8, 4) is 0 Å². The molecule has 0 unspecified atom stereocenters. The van der Waals surface area contributed by atoms with Crippen LogP contribution >= 0.6 is 0 Å². The second-order valence-electron chi connectivity index (χ2n) is 8.63. The predicted molar refractivity (Wildman–Crippen MR) is 124 cm³/mol. The number of aryl methyl sites for hydroxylation is 1. The number of nitrogens with zero attached hydrogens (tertiary/aromatic N) is 1. The van der Waals surface area contributed by atoms with Crippen molar-refractivity contribution in [1.82, 2.24) is 15.2 Å². The predicted octanol–water partition coefficient (Wildman–Crippen LogP) is 5.49. The van der Waals surface area contributed by atoms with E-state index in [0.29, 0.717) is 12.3 Å². The number of carbonyl (C=O) groups excluding carboxylic acids is 1. The van der Waals surface area contributed by atoms with Crippen LogP contribution in [0.1, 0.15) is 77.8 Å². The standard InChI is InChI=1S/C25H41N3O/c1-7-20-13-10-14-21-23(17-26-25(20)21)22(18(4)5)16-24(29)27-19(6)12-11-15-28(8-2)9-3/h10,13-14,17-19,22,26H,7-9,11-12,15-16H2,1-6H3,(H,27,29)/t19-,22+/m0/s1. The molecule has 0 fully saturated rings. The Kier molecular flexibility index (Phi) is 9.22. The van der Waals surface area contributed by atoms with E-state index < -0.39 is 0 Å². The molecule has 0 radical (unpaired) electrons. The molecule has 29 heavy (non-hydrogen) atoms. The number of benzene rings is 1. The van der Waals surface area contributed by atoms with Gasteiger partial charge in [-0.25, -0.2) is 0 Å². The van der Waals surface area contributed by atoms with Gasteiger partial charge in [0.1, 0.15) is 0 Å². The summed E-state index contributed by atoms with van der Waals surface area (Å²) < 4.78 is 0. The van der Waals surface area contributed by atoms with Crippen LogP contribution in [0.15, 0.2) is 24.4 Å². The van der Waals surface area contributed by atoms with E-state index in [1.165, 1.54) is 22.0 Å². The molecule has 0 aliphatic rings. The second kappa shape index (κ2) is 11.4. The van der Waals surface area contributed by atoms with E-state index >= 15 is 0 Å². The SMILES string of the molecule is CCc1cccc2c([C@H](CC(=O)N[C@@H](C)CCCN(CC)CC)C(C)C)c[nH]c12. The zero-order chi connectivity index (χ0) is 21.4. The number of H-pyrrole nitrogens is 1. The number of aromatic nitrogens is 1. The van der Waals surface area contributed by atoms with Gasteiger partial charge in [-0.1, -0.05) is 52.8 Å². The number of hydrogen-bond acceptors (Lipinski definition) is 2. The summed E-state index contributed by atoms with van der Waals surface area (Å²) in [5, 5.41) is 4.51. The maximum absolute atomic E-state index is 12.8. The molecule has 0 saturated heterocycles. The van der Waals surface area contributed by atoms with Gasteiger partial charge in [-0.05, 0) is 68.8 Å². The van der Waals surface area contributed by atoms with Gasteiger partial charge >= 0.3 is 0 Å². The Morgan fingerprint density at radius 3 is 2.48 bits per heavy atom. The highest BCUT2D eigenvalue weighted by Gasteiger charge is 2.23. The maximum atomic E-state index is 12.8. The summed E-state index contributed by atoms with van der Waals surface area (Å²) in [6, 6.07) is 6.72. The van der Waals surface area contributed by atoms with Crippen molar-refractivity contribution in [2.24, 2.45) is 5.92 Å². The van der Waals surface area contributed by atoms with E-state index in [0.717, 1.165) is 38.9 Å². The van der Waals surface area contributed by atoms with Crippen molar-refractivity contribution < 1.29 is 4.79 Å². The fourth-order valence-corrected chi connectivity index (χ4v) is 4.31. The lowest BCUT2D eigenvalue weighted by molar-refractivity contribution is -0.122. The second-order valence-corrected chi connectivity index (χ2v) is 8.63. The Bertz CT molecular complexity index is 761. The van der Waals surface area contributed by atoms with E-state index in [2.05, 4.69) is 81.1 Å². The number of aromatic amines is 1. The third-order valence-corrected chi connectivity index (χ3v) is 6.24. The van der Waals surface area contributed by atoms with Crippen LogP contribution in [-0.4, -0.2) is 41.5 Å². The van der Waals surface area contributed by atoms with Crippen molar-refractivity contribution in [1.29, 1.82) is 0 Å². The molecular weight excluding hydrogens is 358 g/mol. The summed E-state index contributed by atoms with van der Waals surface area (Å²) >= 11 is 0. The van der Waals surface area contributed by atoms with Crippen molar-refractivity contribution in [3.63, 3.8) is 0 Å². The molecule has 0 spiro atoms. The summed E-state index contributed by atoms with van der Waals surface area (Å²) in [5.41, 5.74) is 3.83. The van der Waals surface area contributed by atoms with Crippen LogP contribution in [0.3, 0.4) is 0 Å². The van der Waals surface area contributed by atoms with Gasteiger partial charge in [0.25, 0.3) is 0 Å². The quantitative estimate of drug-likeness (QED) is 0.496. The molecule has 2 rings (SSSR count). The minimum atomic E-state index is 0.167. The highest BCUT2D eigenvalue weighted by Crippen LogP contribution is 2.34. The number of rotatable bonds is 12. The van der Waals surface area contributed by atoms with E-state index in [1.54, 1.807) is 0 Å². The van der Waals surface area contributed by atoms with Gasteiger partial charge in [0.05, 0.1) is 0 Å². The summed E-state index contributed by atoms with van der Waals surface area (Å²) in [4.78, 5) is 18.7. The molecule has 1 aromatic heterocycles. The molecule has 1 amide bonds. The molecule has 0 saturated carbocycles. The number of hydrogen-bond donors (Lipinski definition) is 2. The third kappa shape index (κ3) is 6.33. The van der Waals surface area contributed by atoms with Crippen LogP contribution < -0.4 is 5.32 Å². The number of para-hydroxylation sites is 1. The van der Waals surface area contributed by atoms with Crippen LogP contribution in [0, 0.1) is 5.92 Å². The average Bonchev–Trinajstić information content (AvgIpc) is 3.13. The molecule has 162 valence electrons. The Morgan fingerprint density at radius 1 is 1.14 bits per heavy atom. The topological polar surface area (TPSA) is 48.1 Å². The summed E-state index contributed by atoms with van der Waals surface area (Å²) in [6.07, 6.45) is 5.83. The van der Waals surface area contributed by atoms with E-state index in [9.17, 15) is 4.79 Å². The Hall–Kier alpha value is -1.81. The van der Waals surface area contributed by atoms with Crippen molar-refractivity contribution >= 4 is 16.8 Å². The first-order valence-electron chi connectivity index (χ1n) is 11.5. The zero-order valence-corrected chi connectivity index (χ0v) is 19.3. The lowest BCUT2D eigenvalue weighted by Crippen LogP contribution is -2.34. The minimum Gasteiger partial charge on any atom is -0.361 e. The number of fused-ring (bicyclic) bond motifs is 1. The normalized spacial score (nSPS) is 13.9. The first-order valence-corrected chi connectivity index (χ1v) is 11.5. The summed E-state index contributed by atoms with van der Waals surface area (Å²) in [5.74, 6) is 0.793. The van der Waals surface area contributed by atoms with Gasteiger partial charge in [-0.3, -0.25) is 4.79 Å². The first-order chi connectivity index (χ1) is 13.9. The molecule has 0 bridgehead atoms. The lowest BCUT2D eigenvalue weighted by Gasteiger charge is -2.23. The fraction of sp³-hybridized carbons (Fsp3) is 0.640. The number of amides is 1. The molecule has 2 aromatic rings. The zero-order valence-electron chi connectivity index (χ0n) is 19.3. The van der Waals surface area contributed by atoms with E-state index in [1.807, 2.05) is 0 Å². The van der Waals surface area contributed by atoms with Gasteiger partial charge in [0.15, 0.2) is 0 Å². The van der Waals surface area contributed by atoms with Gasteiger partial charge in [-0.15, -0.1) is 0 Å². The van der Waals surface area contributed by atoms with Crippen molar-refractivity contribution in [3.05, 3.63) is 35.5 Å². The van der Waals surface area contributed by atoms with Gasteiger partial charge in [0, 0.05) is 29.6 Å². The molecule has 2 N–H and O–H groups in total. The highest BCUT2D eigenvalue weighted by atomic mass is 16.1. The lowest BCUT2D eigenvalue weighted by atomic mass is 9.85. The molecule has 0 aliphatic heterocycles. The minimum absolute atomic E-state index is 0.167. The summed E-state index contributed by atoms with van der Waals surface area (Å²) in [7, 11) is 0. The van der Waals surface area contributed by atoms with Crippen molar-refractivity contribution in [2.75, 3.05) is 19.6 Å². The highest BCUT2D eigenvalue weighted by molar-refractivity contribution is 5.87. The molecular formula is C25H41N3O. The van der Waals surface area contributed by atoms with Crippen LogP contribution in [0.5, 0.6) is 0 Å². The Labute approximate surface area is 177 Å². The van der Waals surface area contributed by atoms with Gasteiger partial charge in [0.2, 0.25) is 5.91 Å². The maximum Gasteiger partial charge on any atom is 0.220 e. The molecule has 2 atom stereocenters. The summed E-state index contributed by atoms with van der Waals surface area (Å²) in [6.45, 7) is 16.5. The molecule has 4 nitrogen and oxygen atoms in total. The average molecular weight is 400 g/mol. The van der Waals surface area contributed by atoms with Crippen LogP contribution in [-0.2, 0) is 11.2 Å². The Balaban J connectivity index is 1.99. The third-order valence-electron chi connectivity index (χ3n) is 6.24. The fourth-order valence-electron chi connectivity index (χ4n) is 4.31.